The number of fused-ring (bicyclic) bond motifs is 2. The highest BCUT2D eigenvalue weighted by Gasteiger charge is 2.38. The Hall–Kier alpha value is -3.14. The van der Waals surface area contributed by atoms with Crippen LogP contribution in [0.1, 0.15) is 10.4 Å². The number of para-hydroxylation sites is 1. The van der Waals surface area contributed by atoms with Crippen molar-refractivity contribution in [2.45, 2.75) is 0 Å². The molecule has 0 unspecified atom stereocenters. The molecule has 1 aromatic heterocycles. The van der Waals surface area contributed by atoms with E-state index in [1.165, 1.54) is 48.2 Å². The van der Waals surface area contributed by atoms with Gasteiger partial charge in [0.1, 0.15) is 11.4 Å². The van der Waals surface area contributed by atoms with Crippen molar-refractivity contribution in [1.29, 1.82) is 0 Å². The molecule has 0 spiro atoms. The van der Waals surface area contributed by atoms with Crippen molar-refractivity contribution in [3.05, 3.63) is 57.0 Å². The quantitative estimate of drug-likeness (QED) is 0.387. The highest BCUT2D eigenvalue weighted by Crippen LogP contribution is 2.44. The number of hydrogen-bond donors (Lipinski definition) is 1. The minimum Gasteiger partial charge on any atom is -0.507 e. The molecule has 158 valence electrons. The van der Waals surface area contributed by atoms with E-state index < -0.39 is 11.9 Å². The third kappa shape index (κ3) is 3.50. The maximum absolute atomic E-state index is 13.1. The van der Waals surface area contributed by atoms with Gasteiger partial charge in [-0.3, -0.25) is 14.6 Å². The number of nitrogens with zero attached hydrogens (tertiary/aromatic N) is 6. The fourth-order valence-electron chi connectivity index (χ4n) is 3.02. The molecule has 0 aliphatic carbocycles. The number of urea groups is 1. The molecular weight excluding hydrogens is 467 g/mol. The predicted octanol–water partition coefficient (Wildman–Crippen LogP) is 5.66. The Morgan fingerprint density at radius 3 is 2.39 bits per heavy atom. The number of carbonyl (C=O) groups excluding carboxylic acids is 2. The number of azo groups is 1. The van der Waals surface area contributed by atoms with Crippen LogP contribution in [0, 0.1) is 0 Å². The van der Waals surface area contributed by atoms with Gasteiger partial charge in [0.2, 0.25) is 0 Å². The number of rotatable bonds is 3. The number of anilines is 2. The van der Waals surface area contributed by atoms with Gasteiger partial charge in [-0.1, -0.05) is 46.9 Å². The van der Waals surface area contributed by atoms with Crippen molar-refractivity contribution in [3.63, 3.8) is 0 Å². The summed E-state index contributed by atoms with van der Waals surface area (Å²) in [6.07, 6.45) is 0. The molecule has 2 aromatic carbocycles. The lowest BCUT2D eigenvalue weighted by molar-refractivity contribution is 0.0945. The Morgan fingerprint density at radius 2 is 1.68 bits per heavy atom. The molecule has 31 heavy (non-hydrogen) atoms. The van der Waals surface area contributed by atoms with E-state index in [0.717, 1.165) is 4.68 Å². The molecule has 0 fully saturated rings. The van der Waals surface area contributed by atoms with Crippen LogP contribution in [0.5, 0.6) is 5.75 Å². The lowest BCUT2D eigenvalue weighted by Crippen LogP contribution is -2.41. The van der Waals surface area contributed by atoms with Crippen molar-refractivity contribution in [2.75, 3.05) is 23.9 Å². The molecule has 1 aliphatic heterocycles. The van der Waals surface area contributed by atoms with Gasteiger partial charge in [-0.25, -0.2) is 4.79 Å². The molecule has 2 amide bonds. The van der Waals surface area contributed by atoms with Crippen LogP contribution in [0.3, 0.4) is 0 Å². The first-order chi connectivity index (χ1) is 14.7. The number of phenolic OH excluding ortho intramolecular Hbond substituents is 1. The maximum Gasteiger partial charge on any atom is 0.330 e. The molecule has 2 heterocycles. The molecule has 0 atom stereocenters. The van der Waals surface area contributed by atoms with Crippen LogP contribution in [-0.4, -0.2) is 40.9 Å². The predicted molar refractivity (Wildman–Crippen MR) is 118 cm³/mol. The van der Waals surface area contributed by atoms with Crippen molar-refractivity contribution >= 4 is 69.8 Å². The standard InChI is InChI=1S/C19H13Cl3N6O3/c1-26-16-15(24-23-13-8-11(21)10(20)7-12(13)22)17(27(2)19(26)31)28(25-16)18(30)9-5-3-4-6-14(9)29/h3-8,29H,1-2H3. The van der Waals surface area contributed by atoms with Crippen molar-refractivity contribution in [1.82, 2.24) is 9.78 Å². The monoisotopic (exact) mass is 478 g/mol. The van der Waals surface area contributed by atoms with Crippen LogP contribution in [0.4, 0.5) is 27.8 Å². The number of phenols is 1. The minimum atomic E-state index is -0.640. The van der Waals surface area contributed by atoms with Crippen LogP contribution >= 0.6 is 34.8 Å². The first kappa shape index (κ1) is 21.1. The number of amides is 2. The third-order valence-corrected chi connectivity index (χ3v) is 5.63. The Morgan fingerprint density at radius 1 is 1.00 bits per heavy atom. The van der Waals surface area contributed by atoms with E-state index in [4.69, 9.17) is 34.8 Å². The van der Waals surface area contributed by atoms with Gasteiger partial charge in [-0.15, -0.1) is 15.3 Å². The van der Waals surface area contributed by atoms with Crippen molar-refractivity contribution < 1.29 is 14.7 Å². The summed E-state index contributed by atoms with van der Waals surface area (Å²) in [6, 6.07) is 8.46. The molecule has 1 aliphatic rings. The number of hydrogen-bond acceptors (Lipinski definition) is 6. The molecular formula is C19H13Cl3N6O3. The average Bonchev–Trinajstić information content (AvgIpc) is 3.08. The van der Waals surface area contributed by atoms with Crippen LogP contribution in [-0.2, 0) is 0 Å². The summed E-state index contributed by atoms with van der Waals surface area (Å²) in [7, 11) is 2.96. The Labute approximate surface area is 191 Å². The second-order valence-corrected chi connectivity index (χ2v) is 7.77. The van der Waals surface area contributed by atoms with Crippen LogP contribution in [0.2, 0.25) is 15.1 Å². The normalized spacial score (nSPS) is 13.4. The van der Waals surface area contributed by atoms with Gasteiger partial charge in [0.25, 0.3) is 5.91 Å². The average molecular weight is 480 g/mol. The summed E-state index contributed by atoms with van der Waals surface area (Å²) in [4.78, 5) is 28.0. The van der Waals surface area contributed by atoms with Crippen LogP contribution < -0.4 is 9.80 Å². The molecule has 12 heteroatoms. The van der Waals surface area contributed by atoms with E-state index in [1.807, 2.05) is 0 Å². The van der Waals surface area contributed by atoms with Gasteiger partial charge in [0.15, 0.2) is 17.3 Å². The topological polar surface area (TPSA) is 103 Å². The molecule has 0 radical (unpaired) electrons. The van der Waals surface area contributed by atoms with Gasteiger partial charge in [-0.05, 0) is 24.3 Å². The smallest absolute Gasteiger partial charge is 0.330 e. The number of halogens is 3. The van der Waals surface area contributed by atoms with E-state index in [2.05, 4.69) is 15.3 Å². The van der Waals surface area contributed by atoms with Gasteiger partial charge in [0.05, 0.1) is 20.6 Å². The molecule has 9 nitrogen and oxygen atoms in total. The largest absolute Gasteiger partial charge is 0.507 e. The number of benzene rings is 2. The summed E-state index contributed by atoms with van der Waals surface area (Å²) in [5.41, 5.74) is 0.416. The van der Waals surface area contributed by atoms with Crippen molar-refractivity contribution in [3.8, 4) is 5.75 Å². The molecule has 1 N–H and O–H groups in total. The first-order valence-electron chi connectivity index (χ1n) is 8.74. The molecule has 2 bridgehead atoms. The highest BCUT2D eigenvalue weighted by molar-refractivity contribution is 6.43. The molecule has 4 rings (SSSR count). The number of aromatic nitrogens is 2. The van der Waals surface area contributed by atoms with Gasteiger partial charge in [0, 0.05) is 14.1 Å². The SMILES string of the molecule is CN1C(=O)N(C)c2c(N=Nc3cc(Cl)c(Cl)cc3Cl)c1nn2C(=O)c1ccccc1O. The number of aromatic hydroxyl groups is 1. The summed E-state index contributed by atoms with van der Waals surface area (Å²) >= 11 is 18.1. The van der Waals surface area contributed by atoms with E-state index >= 15 is 0 Å². The molecule has 3 aromatic rings. The zero-order valence-electron chi connectivity index (χ0n) is 16.0. The second kappa shape index (κ2) is 7.84. The summed E-state index contributed by atoms with van der Waals surface area (Å²) in [6.45, 7) is 0. The maximum atomic E-state index is 13.1. The van der Waals surface area contributed by atoms with Crippen molar-refractivity contribution in [2.24, 2.45) is 10.2 Å². The van der Waals surface area contributed by atoms with Crippen LogP contribution in [0.25, 0.3) is 0 Å². The third-order valence-electron chi connectivity index (χ3n) is 4.60. The fraction of sp³-hybridized carbons (Fsp3) is 0.105. The van der Waals surface area contributed by atoms with E-state index in [0.29, 0.717) is 0 Å². The summed E-state index contributed by atoms with van der Waals surface area (Å²) in [5, 5.41) is 23.3. The zero-order chi connectivity index (χ0) is 22.4. The first-order valence-corrected chi connectivity index (χ1v) is 9.87. The Balaban J connectivity index is 1.85. The highest BCUT2D eigenvalue weighted by atomic mass is 35.5. The Bertz CT molecular complexity index is 1270. The fourth-order valence-corrected chi connectivity index (χ4v) is 3.59. The lowest BCUT2D eigenvalue weighted by atomic mass is 10.2. The minimum absolute atomic E-state index is 0.0132. The van der Waals surface area contributed by atoms with E-state index in [1.54, 1.807) is 12.1 Å². The molecule has 0 saturated heterocycles. The summed E-state index contributed by atoms with van der Waals surface area (Å²) < 4.78 is 0.997. The summed E-state index contributed by atoms with van der Waals surface area (Å²) in [5.74, 6) is -0.658. The lowest BCUT2D eigenvalue weighted by Gasteiger charge is -2.26. The molecule has 0 saturated carbocycles. The van der Waals surface area contributed by atoms with E-state index in [9.17, 15) is 14.7 Å². The number of carbonyl (C=O) groups is 2. The van der Waals surface area contributed by atoms with Gasteiger partial charge in [-0.2, -0.15) is 4.68 Å². The second-order valence-electron chi connectivity index (χ2n) is 6.55. The van der Waals surface area contributed by atoms with Gasteiger partial charge < -0.3 is 5.11 Å². The zero-order valence-corrected chi connectivity index (χ0v) is 18.3. The Kier molecular flexibility index (Phi) is 5.34. The van der Waals surface area contributed by atoms with Crippen LogP contribution in [0.15, 0.2) is 46.6 Å². The van der Waals surface area contributed by atoms with E-state index in [-0.39, 0.29) is 49.4 Å². The van der Waals surface area contributed by atoms with Gasteiger partial charge >= 0.3 is 6.03 Å².